The molecule has 1 heterocycles. The van der Waals surface area contributed by atoms with Crippen LogP contribution >= 0.6 is 34.8 Å². The number of nitrogens with zero attached hydrogens (tertiary/aromatic N) is 4. The van der Waals surface area contributed by atoms with Crippen molar-refractivity contribution >= 4 is 46.4 Å². The van der Waals surface area contributed by atoms with Crippen LogP contribution in [0.5, 0.6) is 0 Å². The van der Waals surface area contributed by atoms with E-state index >= 15 is 0 Å². The van der Waals surface area contributed by atoms with Crippen molar-refractivity contribution in [2.75, 3.05) is 5.32 Å². The second-order valence-corrected chi connectivity index (χ2v) is 6.98. The van der Waals surface area contributed by atoms with Crippen molar-refractivity contribution in [3.63, 3.8) is 0 Å². The third-order valence-corrected chi connectivity index (χ3v) is 5.00. The average Bonchev–Trinajstić information content (AvgIpc) is 2.84. The van der Waals surface area contributed by atoms with E-state index in [1.54, 1.807) is 25.1 Å². The number of amides is 1. The molecule has 0 spiro atoms. The van der Waals surface area contributed by atoms with Crippen molar-refractivity contribution in [3.8, 4) is 5.69 Å². The lowest BCUT2D eigenvalue weighted by Crippen LogP contribution is -2.26. The normalized spacial score (nSPS) is 22.9. The molecule has 9 heteroatoms. The number of carbonyl (C=O) groups excluding carboxylic acids is 1. The van der Waals surface area contributed by atoms with Gasteiger partial charge in [-0.15, -0.1) is 28.3 Å². The Labute approximate surface area is 135 Å². The minimum atomic E-state index is -1.03. The van der Waals surface area contributed by atoms with Gasteiger partial charge < -0.3 is 5.32 Å². The summed E-state index contributed by atoms with van der Waals surface area (Å²) >= 11 is 18.1. The number of hydrogen-bond donors (Lipinski definition) is 1. The molecule has 2 aromatic rings. The molecule has 1 aliphatic rings. The Kier molecular flexibility index (Phi) is 3.35. The number of carbonyl (C=O) groups is 1. The molecule has 1 aliphatic carbocycles. The molecule has 21 heavy (non-hydrogen) atoms. The molecule has 1 amide bonds. The zero-order valence-corrected chi connectivity index (χ0v) is 13.1. The summed E-state index contributed by atoms with van der Waals surface area (Å²) in [5.74, 6) is -0.275. The van der Waals surface area contributed by atoms with Gasteiger partial charge in [0.15, 0.2) is 0 Å². The predicted octanol–water partition coefficient (Wildman–Crippen LogP) is 2.84. The van der Waals surface area contributed by atoms with E-state index in [1.807, 2.05) is 0 Å². The molecule has 3 rings (SSSR count). The molecule has 1 atom stereocenters. The van der Waals surface area contributed by atoms with Crippen LogP contribution in [0, 0.1) is 5.41 Å². The van der Waals surface area contributed by atoms with E-state index in [9.17, 15) is 4.79 Å². The Morgan fingerprint density at radius 3 is 2.71 bits per heavy atom. The molecule has 1 fully saturated rings. The monoisotopic (exact) mass is 345 g/mol. The van der Waals surface area contributed by atoms with Crippen molar-refractivity contribution in [1.29, 1.82) is 0 Å². The number of rotatable bonds is 3. The van der Waals surface area contributed by atoms with Gasteiger partial charge in [-0.25, -0.2) is 4.68 Å². The van der Waals surface area contributed by atoms with E-state index < -0.39 is 9.75 Å². The van der Waals surface area contributed by atoms with Crippen LogP contribution in [0.1, 0.15) is 13.3 Å². The average molecular weight is 347 g/mol. The van der Waals surface area contributed by atoms with E-state index in [2.05, 4.69) is 20.8 Å². The molecule has 6 nitrogen and oxygen atoms in total. The van der Waals surface area contributed by atoms with E-state index in [0.29, 0.717) is 22.8 Å². The summed E-state index contributed by atoms with van der Waals surface area (Å²) in [6.45, 7) is 1.71. The maximum absolute atomic E-state index is 12.3. The lowest BCUT2D eigenvalue weighted by atomic mass is 10.1. The summed E-state index contributed by atoms with van der Waals surface area (Å²) in [6.07, 6.45) is 1.85. The van der Waals surface area contributed by atoms with Gasteiger partial charge in [0.25, 0.3) is 0 Å². The minimum absolute atomic E-state index is 0.275. The van der Waals surface area contributed by atoms with E-state index in [4.69, 9.17) is 34.8 Å². The van der Waals surface area contributed by atoms with Crippen LogP contribution in [-0.2, 0) is 4.79 Å². The van der Waals surface area contributed by atoms with Crippen LogP contribution in [-0.4, -0.2) is 30.4 Å². The van der Waals surface area contributed by atoms with Crippen LogP contribution in [0.2, 0.25) is 5.02 Å². The number of hydrogen-bond acceptors (Lipinski definition) is 4. The standard InChI is InChI=1S/C12H10Cl3N5O/c1-11(5-12(11,14)15)10(21)17-9-4-7(2-3-8(9)13)20-6-16-18-19-20/h2-4,6H,5H2,1H3,(H,17,21). The number of benzene rings is 1. The summed E-state index contributed by atoms with van der Waals surface area (Å²) in [5.41, 5.74) is 0.306. The van der Waals surface area contributed by atoms with E-state index in [-0.39, 0.29) is 5.91 Å². The maximum atomic E-state index is 12.3. The number of alkyl halides is 2. The van der Waals surface area contributed by atoms with Gasteiger partial charge in [-0.1, -0.05) is 11.6 Å². The number of anilines is 1. The highest BCUT2D eigenvalue weighted by Crippen LogP contribution is 2.64. The fourth-order valence-corrected chi connectivity index (χ4v) is 2.81. The van der Waals surface area contributed by atoms with Gasteiger partial charge >= 0.3 is 0 Å². The second kappa shape index (κ2) is 4.83. The number of aromatic nitrogens is 4. The molecule has 0 aliphatic heterocycles. The number of halogens is 3. The highest BCUT2D eigenvalue weighted by Gasteiger charge is 2.67. The number of tetrazole rings is 1. The summed E-state index contributed by atoms with van der Waals surface area (Å²) in [7, 11) is 0. The summed E-state index contributed by atoms with van der Waals surface area (Å²) < 4.78 is 0.426. The highest BCUT2D eigenvalue weighted by molar-refractivity contribution is 6.53. The van der Waals surface area contributed by atoms with Crippen LogP contribution in [0.15, 0.2) is 24.5 Å². The Hall–Kier alpha value is -1.37. The fraction of sp³-hybridized carbons (Fsp3) is 0.333. The zero-order chi connectivity index (χ0) is 15.3. The summed E-state index contributed by atoms with van der Waals surface area (Å²) in [5, 5.41) is 14.0. The van der Waals surface area contributed by atoms with Gasteiger partial charge in [-0.3, -0.25) is 4.79 Å². The molecule has 1 aromatic heterocycles. The van der Waals surface area contributed by atoms with E-state index in [1.165, 1.54) is 11.0 Å². The molecule has 1 aromatic carbocycles. The smallest absolute Gasteiger partial charge is 0.233 e. The van der Waals surface area contributed by atoms with Gasteiger partial charge in [-0.05, 0) is 42.0 Å². The minimum Gasteiger partial charge on any atom is -0.324 e. The first-order chi connectivity index (χ1) is 9.83. The first-order valence-electron chi connectivity index (χ1n) is 6.06. The van der Waals surface area contributed by atoms with Gasteiger partial charge in [0.2, 0.25) is 5.91 Å². The van der Waals surface area contributed by atoms with E-state index in [0.717, 1.165) is 0 Å². The third kappa shape index (κ3) is 2.47. The molecule has 0 bridgehead atoms. The van der Waals surface area contributed by atoms with Gasteiger partial charge in [-0.2, -0.15) is 0 Å². The van der Waals surface area contributed by atoms with Crippen molar-refractivity contribution in [2.24, 2.45) is 5.41 Å². The van der Waals surface area contributed by atoms with Crippen LogP contribution in [0.4, 0.5) is 5.69 Å². The molecular formula is C12H10Cl3N5O. The lowest BCUT2D eigenvalue weighted by Gasteiger charge is -2.14. The topological polar surface area (TPSA) is 72.7 Å². The Morgan fingerprint density at radius 1 is 1.43 bits per heavy atom. The summed E-state index contributed by atoms with van der Waals surface area (Å²) in [4.78, 5) is 12.3. The van der Waals surface area contributed by atoms with Crippen LogP contribution < -0.4 is 5.32 Å². The quantitative estimate of drug-likeness (QED) is 0.867. The zero-order valence-electron chi connectivity index (χ0n) is 10.8. The Balaban J connectivity index is 1.86. The Morgan fingerprint density at radius 2 is 2.14 bits per heavy atom. The van der Waals surface area contributed by atoms with Gasteiger partial charge in [0.1, 0.15) is 10.7 Å². The second-order valence-electron chi connectivity index (χ2n) is 5.09. The van der Waals surface area contributed by atoms with Crippen molar-refractivity contribution < 1.29 is 4.79 Å². The molecule has 1 N–H and O–H groups in total. The van der Waals surface area contributed by atoms with Crippen molar-refractivity contribution in [3.05, 3.63) is 29.5 Å². The van der Waals surface area contributed by atoms with Gasteiger partial charge in [0, 0.05) is 0 Å². The molecule has 0 saturated heterocycles. The fourth-order valence-electron chi connectivity index (χ4n) is 1.94. The SMILES string of the molecule is CC1(C(=O)Nc2cc(-n3cnnn3)ccc2Cl)CC1(Cl)Cl. The summed E-state index contributed by atoms with van der Waals surface area (Å²) in [6, 6.07) is 5.06. The van der Waals surface area contributed by atoms with Gasteiger partial charge in [0.05, 0.1) is 21.8 Å². The van der Waals surface area contributed by atoms with Crippen molar-refractivity contribution in [2.45, 2.75) is 17.7 Å². The van der Waals surface area contributed by atoms with Crippen molar-refractivity contribution in [1.82, 2.24) is 20.2 Å². The van der Waals surface area contributed by atoms with Crippen LogP contribution in [0.3, 0.4) is 0 Å². The van der Waals surface area contributed by atoms with Crippen LogP contribution in [0.25, 0.3) is 5.69 Å². The molecule has 110 valence electrons. The number of nitrogens with one attached hydrogen (secondary N) is 1. The first-order valence-corrected chi connectivity index (χ1v) is 7.19. The molecule has 1 unspecified atom stereocenters. The Bertz CT molecular complexity index is 703. The first kappa shape index (κ1) is 14.6. The third-order valence-electron chi connectivity index (χ3n) is 3.57. The lowest BCUT2D eigenvalue weighted by molar-refractivity contribution is -0.120. The molecule has 1 saturated carbocycles. The maximum Gasteiger partial charge on any atom is 0.233 e. The molecule has 0 radical (unpaired) electrons. The molecular weight excluding hydrogens is 337 g/mol. The predicted molar refractivity (Wildman–Crippen MR) is 80.0 cm³/mol. The highest BCUT2D eigenvalue weighted by atomic mass is 35.5. The largest absolute Gasteiger partial charge is 0.324 e.